The fourth-order valence-electron chi connectivity index (χ4n) is 1.66. The van der Waals surface area contributed by atoms with Gasteiger partial charge in [-0.25, -0.2) is 0 Å². The summed E-state index contributed by atoms with van der Waals surface area (Å²) >= 11 is 3.31. The molecule has 1 amide bonds. The zero-order valence-corrected chi connectivity index (χ0v) is 11.7. The molecule has 0 radical (unpaired) electrons. The highest BCUT2D eigenvalue weighted by atomic mass is 79.9. The van der Waals surface area contributed by atoms with Gasteiger partial charge in [-0.15, -0.1) is 0 Å². The number of aryl methyl sites for hydroxylation is 2. The summed E-state index contributed by atoms with van der Waals surface area (Å²) in [6.45, 7) is 1.84. The second kappa shape index (κ2) is 4.81. The highest BCUT2D eigenvalue weighted by molar-refractivity contribution is 9.10. The first kappa shape index (κ1) is 12.6. The summed E-state index contributed by atoms with van der Waals surface area (Å²) in [5, 5.41) is 6.96. The SMILES string of the molecule is Cc1nn(C)cc1NC(=O)c1cc(N)cc(Br)c1. The first-order chi connectivity index (χ1) is 8.45. The molecule has 1 aromatic carbocycles. The highest BCUT2D eigenvalue weighted by Crippen LogP contribution is 2.19. The molecule has 3 N–H and O–H groups in total. The van der Waals surface area contributed by atoms with Crippen LogP contribution in [-0.2, 0) is 7.05 Å². The largest absolute Gasteiger partial charge is 0.399 e. The van der Waals surface area contributed by atoms with Crippen LogP contribution < -0.4 is 11.1 Å². The molecule has 94 valence electrons. The Labute approximate surface area is 113 Å². The lowest BCUT2D eigenvalue weighted by molar-refractivity contribution is 0.102. The highest BCUT2D eigenvalue weighted by Gasteiger charge is 2.11. The molecule has 0 aliphatic carbocycles. The molecule has 0 spiro atoms. The third-order valence-electron chi connectivity index (χ3n) is 2.44. The molecule has 18 heavy (non-hydrogen) atoms. The van der Waals surface area contributed by atoms with Gasteiger partial charge in [0.05, 0.1) is 11.4 Å². The van der Waals surface area contributed by atoms with Gasteiger partial charge in [0.15, 0.2) is 0 Å². The third kappa shape index (κ3) is 2.70. The van der Waals surface area contributed by atoms with Crippen molar-refractivity contribution in [3.63, 3.8) is 0 Å². The Balaban J connectivity index is 2.24. The summed E-state index contributed by atoms with van der Waals surface area (Å²) in [5.41, 5.74) is 8.21. The number of hydrogen-bond acceptors (Lipinski definition) is 3. The van der Waals surface area contributed by atoms with Crippen LogP contribution in [0.25, 0.3) is 0 Å². The Kier molecular flexibility index (Phi) is 3.38. The van der Waals surface area contributed by atoms with Crippen LogP contribution in [-0.4, -0.2) is 15.7 Å². The van der Waals surface area contributed by atoms with Crippen LogP contribution in [0.1, 0.15) is 16.1 Å². The number of nitrogens with zero attached hydrogens (tertiary/aromatic N) is 2. The van der Waals surface area contributed by atoms with Gasteiger partial charge in [0.25, 0.3) is 5.91 Å². The van der Waals surface area contributed by atoms with Gasteiger partial charge in [-0.3, -0.25) is 9.48 Å². The van der Waals surface area contributed by atoms with Gasteiger partial charge in [0.1, 0.15) is 0 Å². The van der Waals surface area contributed by atoms with Crippen molar-refractivity contribution in [1.29, 1.82) is 0 Å². The number of carbonyl (C=O) groups excluding carboxylic acids is 1. The maximum absolute atomic E-state index is 12.1. The minimum absolute atomic E-state index is 0.209. The maximum atomic E-state index is 12.1. The van der Waals surface area contributed by atoms with E-state index in [1.165, 1.54) is 0 Å². The van der Waals surface area contributed by atoms with Gasteiger partial charge in [-0.1, -0.05) is 15.9 Å². The molecule has 0 aliphatic rings. The van der Waals surface area contributed by atoms with Gasteiger partial charge in [0, 0.05) is 29.0 Å². The maximum Gasteiger partial charge on any atom is 0.255 e. The molecule has 0 unspecified atom stereocenters. The molecule has 1 aromatic heterocycles. The molecule has 1 heterocycles. The Morgan fingerprint density at radius 1 is 1.44 bits per heavy atom. The van der Waals surface area contributed by atoms with Crippen molar-refractivity contribution in [2.24, 2.45) is 7.05 Å². The van der Waals surface area contributed by atoms with Gasteiger partial charge in [0.2, 0.25) is 0 Å². The predicted molar refractivity (Wildman–Crippen MR) is 74.5 cm³/mol. The fourth-order valence-corrected chi connectivity index (χ4v) is 2.17. The fraction of sp³-hybridized carbons (Fsp3) is 0.167. The summed E-state index contributed by atoms with van der Waals surface area (Å²) in [7, 11) is 1.81. The molecule has 5 nitrogen and oxygen atoms in total. The van der Waals surface area contributed by atoms with E-state index >= 15 is 0 Å². The molecule has 6 heteroatoms. The summed E-state index contributed by atoms with van der Waals surface area (Å²) in [4.78, 5) is 12.1. The first-order valence-corrected chi connectivity index (χ1v) is 6.12. The number of carbonyl (C=O) groups is 1. The normalized spacial score (nSPS) is 10.4. The van der Waals surface area contributed by atoms with Crippen molar-refractivity contribution in [3.05, 3.63) is 40.1 Å². The van der Waals surface area contributed by atoms with Crippen molar-refractivity contribution in [1.82, 2.24) is 9.78 Å². The topological polar surface area (TPSA) is 72.9 Å². The van der Waals surface area contributed by atoms with Crippen molar-refractivity contribution >= 4 is 33.2 Å². The molecule has 0 fully saturated rings. The van der Waals surface area contributed by atoms with E-state index in [9.17, 15) is 4.79 Å². The molecule has 0 aliphatic heterocycles. The zero-order chi connectivity index (χ0) is 13.3. The number of benzene rings is 1. The average molecular weight is 309 g/mol. The second-order valence-electron chi connectivity index (χ2n) is 4.03. The van der Waals surface area contributed by atoms with Crippen LogP contribution in [0.2, 0.25) is 0 Å². The molecule has 0 bridgehead atoms. The van der Waals surface area contributed by atoms with E-state index in [-0.39, 0.29) is 5.91 Å². The first-order valence-electron chi connectivity index (χ1n) is 5.33. The van der Waals surface area contributed by atoms with Gasteiger partial charge < -0.3 is 11.1 Å². The number of nitrogens with one attached hydrogen (secondary N) is 1. The standard InChI is InChI=1S/C12H13BrN4O/c1-7-11(6-17(2)16-7)15-12(18)8-3-9(13)5-10(14)4-8/h3-6H,14H2,1-2H3,(H,15,18). The molecular formula is C12H13BrN4O. The Hall–Kier alpha value is -1.82. The third-order valence-corrected chi connectivity index (χ3v) is 2.90. The van der Waals surface area contributed by atoms with Crippen LogP contribution in [0.3, 0.4) is 0 Å². The van der Waals surface area contributed by atoms with Gasteiger partial charge in [-0.2, -0.15) is 5.10 Å². The van der Waals surface area contributed by atoms with Crippen molar-refractivity contribution in [2.75, 3.05) is 11.1 Å². The molecule has 0 saturated carbocycles. The molecule has 0 saturated heterocycles. The van der Waals surface area contributed by atoms with E-state index in [1.54, 1.807) is 36.1 Å². The Morgan fingerprint density at radius 2 is 2.17 bits per heavy atom. The summed E-state index contributed by atoms with van der Waals surface area (Å²) in [6.07, 6.45) is 1.76. The number of rotatable bonds is 2. The molecular weight excluding hydrogens is 296 g/mol. The van der Waals surface area contributed by atoms with E-state index in [2.05, 4.69) is 26.3 Å². The Morgan fingerprint density at radius 3 is 2.72 bits per heavy atom. The number of hydrogen-bond donors (Lipinski definition) is 2. The smallest absolute Gasteiger partial charge is 0.255 e. The van der Waals surface area contributed by atoms with Crippen LogP contribution >= 0.6 is 15.9 Å². The van der Waals surface area contributed by atoms with Crippen molar-refractivity contribution in [3.8, 4) is 0 Å². The monoisotopic (exact) mass is 308 g/mol. The summed E-state index contributed by atoms with van der Waals surface area (Å²) in [5.74, 6) is -0.209. The van der Waals surface area contributed by atoms with Crippen LogP contribution in [0.5, 0.6) is 0 Å². The van der Waals surface area contributed by atoms with Crippen LogP contribution in [0.15, 0.2) is 28.9 Å². The summed E-state index contributed by atoms with van der Waals surface area (Å²) < 4.78 is 2.43. The lowest BCUT2D eigenvalue weighted by Gasteiger charge is -2.05. The van der Waals surface area contributed by atoms with Gasteiger partial charge in [-0.05, 0) is 25.1 Å². The van der Waals surface area contributed by atoms with Crippen LogP contribution in [0.4, 0.5) is 11.4 Å². The van der Waals surface area contributed by atoms with E-state index in [1.807, 2.05) is 6.92 Å². The zero-order valence-electron chi connectivity index (χ0n) is 10.1. The molecule has 2 aromatic rings. The number of anilines is 2. The lowest BCUT2D eigenvalue weighted by atomic mass is 10.2. The minimum atomic E-state index is -0.209. The van der Waals surface area contributed by atoms with Crippen molar-refractivity contribution < 1.29 is 4.79 Å². The van der Waals surface area contributed by atoms with E-state index in [0.717, 1.165) is 10.2 Å². The summed E-state index contributed by atoms with van der Waals surface area (Å²) in [6, 6.07) is 5.09. The number of aromatic nitrogens is 2. The van der Waals surface area contributed by atoms with E-state index in [4.69, 9.17) is 5.73 Å². The molecule has 2 rings (SSSR count). The van der Waals surface area contributed by atoms with Crippen molar-refractivity contribution in [2.45, 2.75) is 6.92 Å². The van der Waals surface area contributed by atoms with E-state index in [0.29, 0.717) is 16.9 Å². The second-order valence-corrected chi connectivity index (χ2v) is 4.94. The lowest BCUT2D eigenvalue weighted by Crippen LogP contribution is -2.12. The predicted octanol–water partition coefficient (Wildman–Crippen LogP) is 2.33. The van der Waals surface area contributed by atoms with Gasteiger partial charge >= 0.3 is 0 Å². The number of nitrogens with two attached hydrogens (primary N) is 1. The number of nitrogen functional groups attached to an aromatic ring is 1. The average Bonchev–Trinajstić information content (AvgIpc) is 2.56. The quantitative estimate of drug-likeness (QED) is 0.836. The molecule has 0 atom stereocenters. The van der Waals surface area contributed by atoms with Crippen LogP contribution in [0, 0.1) is 6.92 Å². The minimum Gasteiger partial charge on any atom is -0.399 e. The Bertz CT molecular complexity index is 586. The number of halogens is 1. The number of amides is 1. The van der Waals surface area contributed by atoms with E-state index < -0.39 is 0 Å².